The molecule has 0 radical (unpaired) electrons. The summed E-state index contributed by atoms with van der Waals surface area (Å²) in [4.78, 5) is 0. The fourth-order valence-electron chi connectivity index (χ4n) is 1.78. The summed E-state index contributed by atoms with van der Waals surface area (Å²) in [5.41, 5.74) is 3.60. The van der Waals surface area contributed by atoms with Gasteiger partial charge in [0.2, 0.25) is 0 Å². The third-order valence-electron chi connectivity index (χ3n) is 3.39. The van der Waals surface area contributed by atoms with E-state index >= 15 is 0 Å². The van der Waals surface area contributed by atoms with Crippen molar-refractivity contribution < 1.29 is 0 Å². The Balaban J connectivity index is 2.36. The minimum absolute atomic E-state index is 0.0854. The van der Waals surface area contributed by atoms with Crippen molar-refractivity contribution in [1.29, 1.82) is 0 Å². The summed E-state index contributed by atoms with van der Waals surface area (Å²) in [6, 6.07) is 10.6. The number of benzene rings is 1. The van der Waals surface area contributed by atoms with Gasteiger partial charge in [-0.05, 0) is 39.3 Å². The minimum Gasteiger partial charge on any atom is -0.267 e. The maximum absolute atomic E-state index is 4.68. The van der Waals surface area contributed by atoms with E-state index in [1.165, 1.54) is 11.1 Å². The SMILES string of the molecule is CCC(C)(C)n1ccc(-c2cccc(C)c2)n1. The fraction of sp³-hybridized carbons (Fsp3) is 0.400. The smallest absolute Gasteiger partial charge is 0.0923 e. The normalized spacial score (nSPS) is 11.8. The first-order valence-electron chi connectivity index (χ1n) is 6.16. The molecule has 17 heavy (non-hydrogen) atoms. The number of aryl methyl sites for hydroxylation is 1. The third-order valence-corrected chi connectivity index (χ3v) is 3.39. The number of nitrogens with zero attached hydrogens (tertiary/aromatic N) is 2. The summed E-state index contributed by atoms with van der Waals surface area (Å²) in [7, 11) is 0. The van der Waals surface area contributed by atoms with Crippen LogP contribution in [0.3, 0.4) is 0 Å². The van der Waals surface area contributed by atoms with Gasteiger partial charge >= 0.3 is 0 Å². The Labute approximate surface area is 103 Å². The summed E-state index contributed by atoms with van der Waals surface area (Å²) in [5, 5.41) is 4.68. The lowest BCUT2D eigenvalue weighted by Crippen LogP contribution is -2.25. The summed E-state index contributed by atoms with van der Waals surface area (Å²) in [5.74, 6) is 0. The first-order valence-corrected chi connectivity index (χ1v) is 6.16. The molecule has 0 aliphatic rings. The van der Waals surface area contributed by atoms with E-state index in [2.05, 4.69) is 74.0 Å². The van der Waals surface area contributed by atoms with Gasteiger partial charge in [-0.15, -0.1) is 0 Å². The van der Waals surface area contributed by atoms with Gasteiger partial charge in [-0.1, -0.05) is 30.7 Å². The van der Waals surface area contributed by atoms with Crippen LogP contribution >= 0.6 is 0 Å². The molecule has 90 valence electrons. The zero-order chi connectivity index (χ0) is 12.5. The quantitative estimate of drug-likeness (QED) is 0.776. The fourth-order valence-corrected chi connectivity index (χ4v) is 1.78. The van der Waals surface area contributed by atoms with Crippen molar-refractivity contribution in [3.05, 3.63) is 42.1 Å². The Morgan fingerprint density at radius 3 is 2.65 bits per heavy atom. The Morgan fingerprint density at radius 2 is 2.00 bits per heavy atom. The Hall–Kier alpha value is -1.57. The minimum atomic E-state index is 0.0854. The highest BCUT2D eigenvalue weighted by molar-refractivity contribution is 5.59. The van der Waals surface area contributed by atoms with Crippen molar-refractivity contribution in [2.24, 2.45) is 0 Å². The van der Waals surface area contributed by atoms with E-state index in [-0.39, 0.29) is 5.54 Å². The molecule has 2 heteroatoms. The van der Waals surface area contributed by atoms with E-state index in [0.717, 1.165) is 12.1 Å². The summed E-state index contributed by atoms with van der Waals surface area (Å²) < 4.78 is 2.06. The molecule has 0 aliphatic heterocycles. The van der Waals surface area contributed by atoms with E-state index in [9.17, 15) is 0 Å². The lowest BCUT2D eigenvalue weighted by Gasteiger charge is -2.23. The van der Waals surface area contributed by atoms with Gasteiger partial charge in [0.15, 0.2) is 0 Å². The van der Waals surface area contributed by atoms with Crippen LogP contribution in [0, 0.1) is 6.92 Å². The van der Waals surface area contributed by atoms with E-state index in [1.807, 2.05) is 0 Å². The van der Waals surface area contributed by atoms with Gasteiger partial charge in [0, 0.05) is 11.8 Å². The number of hydrogen-bond donors (Lipinski definition) is 0. The van der Waals surface area contributed by atoms with Gasteiger partial charge in [-0.25, -0.2) is 0 Å². The van der Waals surface area contributed by atoms with Crippen LogP contribution in [-0.2, 0) is 5.54 Å². The van der Waals surface area contributed by atoms with Crippen LogP contribution in [0.15, 0.2) is 36.5 Å². The number of aromatic nitrogens is 2. The highest BCUT2D eigenvalue weighted by Crippen LogP contribution is 2.23. The first-order chi connectivity index (χ1) is 8.03. The van der Waals surface area contributed by atoms with Crippen molar-refractivity contribution in [3.63, 3.8) is 0 Å². The lowest BCUT2D eigenvalue weighted by molar-refractivity contribution is 0.308. The molecule has 0 amide bonds. The van der Waals surface area contributed by atoms with Crippen LogP contribution in [0.5, 0.6) is 0 Å². The Morgan fingerprint density at radius 1 is 1.24 bits per heavy atom. The van der Waals surface area contributed by atoms with Crippen molar-refractivity contribution in [2.75, 3.05) is 0 Å². The molecule has 2 rings (SSSR count). The number of rotatable bonds is 3. The number of hydrogen-bond acceptors (Lipinski definition) is 1. The molecule has 0 aliphatic carbocycles. The molecule has 0 bridgehead atoms. The second-order valence-corrected chi connectivity index (χ2v) is 5.18. The van der Waals surface area contributed by atoms with Gasteiger partial charge in [0.1, 0.15) is 0 Å². The molecule has 0 saturated heterocycles. The zero-order valence-corrected chi connectivity index (χ0v) is 11.1. The molecule has 0 saturated carbocycles. The van der Waals surface area contributed by atoms with Crippen LogP contribution < -0.4 is 0 Å². The largest absolute Gasteiger partial charge is 0.267 e. The highest BCUT2D eigenvalue weighted by atomic mass is 15.3. The van der Waals surface area contributed by atoms with E-state index < -0.39 is 0 Å². The maximum Gasteiger partial charge on any atom is 0.0923 e. The summed E-state index contributed by atoms with van der Waals surface area (Å²) >= 11 is 0. The molecule has 2 aromatic rings. The van der Waals surface area contributed by atoms with Crippen molar-refractivity contribution >= 4 is 0 Å². The van der Waals surface area contributed by atoms with Crippen LogP contribution in [0.25, 0.3) is 11.3 Å². The Bertz CT molecular complexity index is 509. The topological polar surface area (TPSA) is 17.8 Å². The highest BCUT2D eigenvalue weighted by Gasteiger charge is 2.18. The average Bonchev–Trinajstić information content (AvgIpc) is 2.79. The van der Waals surface area contributed by atoms with E-state index in [4.69, 9.17) is 0 Å². The summed E-state index contributed by atoms with van der Waals surface area (Å²) in [6.45, 7) is 8.71. The second kappa shape index (κ2) is 4.36. The first kappa shape index (κ1) is 11.9. The molecule has 0 N–H and O–H groups in total. The van der Waals surface area contributed by atoms with Crippen molar-refractivity contribution in [3.8, 4) is 11.3 Å². The van der Waals surface area contributed by atoms with E-state index in [1.54, 1.807) is 0 Å². The second-order valence-electron chi connectivity index (χ2n) is 5.18. The van der Waals surface area contributed by atoms with Gasteiger partial charge in [0.25, 0.3) is 0 Å². The molecule has 1 heterocycles. The monoisotopic (exact) mass is 228 g/mol. The Kier molecular flexibility index (Phi) is 3.05. The molecule has 1 aromatic carbocycles. The molecule has 0 unspecified atom stereocenters. The van der Waals surface area contributed by atoms with Crippen molar-refractivity contribution in [1.82, 2.24) is 9.78 Å². The molecule has 1 aromatic heterocycles. The standard InChI is InChI=1S/C15H20N2/c1-5-15(3,4)17-10-9-14(16-17)13-8-6-7-12(2)11-13/h6-11H,5H2,1-4H3. The maximum atomic E-state index is 4.68. The summed E-state index contributed by atoms with van der Waals surface area (Å²) in [6.07, 6.45) is 3.14. The molecule has 2 nitrogen and oxygen atoms in total. The molecular weight excluding hydrogens is 208 g/mol. The van der Waals surface area contributed by atoms with Crippen molar-refractivity contribution in [2.45, 2.75) is 39.7 Å². The van der Waals surface area contributed by atoms with Crippen LogP contribution in [0.2, 0.25) is 0 Å². The van der Waals surface area contributed by atoms with Gasteiger partial charge in [-0.2, -0.15) is 5.10 Å². The van der Waals surface area contributed by atoms with Crippen LogP contribution in [0.1, 0.15) is 32.8 Å². The van der Waals surface area contributed by atoms with E-state index in [0.29, 0.717) is 0 Å². The van der Waals surface area contributed by atoms with Gasteiger partial charge in [-0.3, -0.25) is 4.68 Å². The lowest BCUT2D eigenvalue weighted by atomic mass is 10.0. The molecule has 0 atom stereocenters. The third kappa shape index (κ3) is 2.41. The van der Waals surface area contributed by atoms with Crippen LogP contribution in [-0.4, -0.2) is 9.78 Å². The molecule has 0 spiro atoms. The predicted octanol–water partition coefficient (Wildman–Crippen LogP) is 4.00. The predicted molar refractivity (Wildman–Crippen MR) is 72.0 cm³/mol. The average molecular weight is 228 g/mol. The van der Waals surface area contributed by atoms with Gasteiger partial charge in [0.05, 0.1) is 11.2 Å². The zero-order valence-electron chi connectivity index (χ0n) is 11.1. The molecule has 0 fully saturated rings. The molecular formula is C15H20N2. The van der Waals surface area contributed by atoms with Gasteiger partial charge < -0.3 is 0 Å². The van der Waals surface area contributed by atoms with Crippen LogP contribution in [0.4, 0.5) is 0 Å².